The SMILES string of the molecule is Cc1nn(C)c(Oc2ccc(F)c(Cl)c2)c1CC(C)N. The first-order valence-electron chi connectivity index (χ1n) is 6.29. The highest BCUT2D eigenvalue weighted by Gasteiger charge is 2.17. The number of ether oxygens (including phenoxy) is 1. The summed E-state index contributed by atoms with van der Waals surface area (Å²) in [5, 5.41) is 4.35. The fourth-order valence-electron chi connectivity index (χ4n) is 2.02. The van der Waals surface area contributed by atoms with Gasteiger partial charge in [0.1, 0.15) is 11.6 Å². The van der Waals surface area contributed by atoms with E-state index in [1.807, 2.05) is 13.8 Å². The molecule has 0 fully saturated rings. The van der Waals surface area contributed by atoms with E-state index in [1.165, 1.54) is 18.2 Å². The van der Waals surface area contributed by atoms with Crippen molar-refractivity contribution in [2.45, 2.75) is 26.3 Å². The van der Waals surface area contributed by atoms with Gasteiger partial charge < -0.3 is 10.5 Å². The van der Waals surface area contributed by atoms with Crippen LogP contribution in [-0.2, 0) is 13.5 Å². The zero-order valence-electron chi connectivity index (χ0n) is 11.7. The van der Waals surface area contributed by atoms with E-state index in [9.17, 15) is 4.39 Å². The van der Waals surface area contributed by atoms with Gasteiger partial charge in [0.05, 0.1) is 10.7 Å². The first-order valence-corrected chi connectivity index (χ1v) is 6.67. The van der Waals surface area contributed by atoms with E-state index >= 15 is 0 Å². The second-order valence-corrected chi connectivity index (χ2v) is 5.26. The number of nitrogens with zero attached hydrogens (tertiary/aromatic N) is 2. The summed E-state index contributed by atoms with van der Waals surface area (Å²) in [6.07, 6.45) is 0.657. The van der Waals surface area contributed by atoms with Crippen LogP contribution in [0.3, 0.4) is 0 Å². The molecule has 2 aromatic rings. The van der Waals surface area contributed by atoms with E-state index in [1.54, 1.807) is 11.7 Å². The average molecular weight is 298 g/mol. The number of hydrogen-bond acceptors (Lipinski definition) is 3. The van der Waals surface area contributed by atoms with E-state index < -0.39 is 5.82 Å². The van der Waals surface area contributed by atoms with Crippen molar-refractivity contribution in [2.24, 2.45) is 12.8 Å². The van der Waals surface area contributed by atoms with Crippen molar-refractivity contribution in [3.05, 3.63) is 40.3 Å². The lowest BCUT2D eigenvalue weighted by atomic mass is 10.1. The number of nitrogens with two attached hydrogens (primary N) is 1. The fourth-order valence-corrected chi connectivity index (χ4v) is 2.19. The molecule has 1 heterocycles. The minimum absolute atomic E-state index is 0.00273. The maximum Gasteiger partial charge on any atom is 0.221 e. The molecule has 2 N–H and O–H groups in total. The predicted octanol–water partition coefficient (Wildman–Crippen LogP) is 3.20. The Morgan fingerprint density at radius 2 is 2.20 bits per heavy atom. The number of rotatable bonds is 4. The summed E-state index contributed by atoms with van der Waals surface area (Å²) >= 11 is 5.75. The molecule has 20 heavy (non-hydrogen) atoms. The van der Waals surface area contributed by atoms with Crippen LogP contribution in [-0.4, -0.2) is 15.8 Å². The van der Waals surface area contributed by atoms with Gasteiger partial charge in [-0.15, -0.1) is 0 Å². The molecule has 0 saturated carbocycles. The molecule has 1 unspecified atom stereocenters. The molecular formula is C14H17ClFN3O. The molecule has 1 aromatic carbocycles. The Labute approximate surface area is 122 Å². The molecule has 0 saturated heterocycles. The quantitative estimate of drug-likeness (QED) is 0.943. The van der Waals surface area contributed by atoms with Crippen LogP contribution >= 0.6 is 11.6 Å². The Morgan fingerprint density at radius 1 is 1.50 bits per heavy atom. The lowest BCUT2D eigenvalue weighted by molar-refractivity contribution is 0.423. The maximum atomic E-state index is 13.2. The Hall–Kier alpha value is -1.59. The molecule has 0 aliphatic heterocycles. The molecule has 0 bridgehead atoms. The van der Waals surface area contributed by atoms with Gasteiger partial charge in [-0.1, -0.05) is 11.6 Å². The first-order chi connectivity index (χ1) is 9.38. The Balaban J connectivity index is 2.34. The maximum absolute atomic E-state index is 13.2. The number of aromatic nitrogens is 2. The first kappa shape index (κ1) is 14.8. The van der Waals surface area contributed by atoms with E-state index in [0.717, 1.165) is 11.3 Å². The molecule has 0 aliphatic rings. The topological polar surface area (TPSA) is 53.1 Å². The van der Waals surface area contributed by atoms with E-state index in [2.05, 4.69) is 5.10 Å². The normalized spacial score (nSPS) is 12.5. The van der Waals surface area contributed by atoms with Gasteiger partial charge in [0.2, 0.25) is 5.88 Å². The Bertz CT molecular complexity index is 625. The molecule has 6 heteroatoms. The van der Waals surface area contributed by atoms with Crippen LogP contribution in [0.5, 0.6) is 11.6 Å². The van der Waals surface area contributed by atoms with Gasteiger partial charge in [-0.3, -0.25) is 0 Å². The Kier molecular flexibility index (Phi) is 4.30. The second kappa shape index (κ2) is 5.81. The molecule has 0 radical (unpaired) electrons. The van der Waals surface area contributed by atoms with Gasteiger partial charge in [-0.05, 0) is 32.4 Å². The molecule has 0 aliphatic carbocycles. The van der Waals surface area contributed by atoms with Crippen LogP contribution in [0.4, 0.5) is 4.39 Å². The zero-order valence-corrected chi connectivity index (χ0v) is 12.4. The van der Waals surface area contributed by atoms with Crippen LogP contribution in [0.15, 0.2) is 18.2 Å². The average Bonchev–Trinajstić information content (AvgIpc) is 2.60. The van der Waals surface area contributed by atoms with Crippen molar-refractivity contribution in [1.82, 2.24) is 9.78 Å². The molecule has 4 nitrogen and oxygen atoms in total. The summed E-state index contributed by atoms with van der Waals surface area (Å²) in [4.78, 5) is 0. The summed E-state index contributed by atoms with van der Waals surface area (Å²) in [6.45, 7) is 3.83. The molecular weight excluding hydrogens is 281 g/mol. The number of hydrogen-bond donors (Lipinski definition) is 1. The highest BCUT2D eigenvalue weighted by molar-refractivity contribution is 6.30. The zero-order chi connectivity index (χ0) is 14.9. The van der Waals surface area contributed by atoms with Gasteiger partial charge in [-0.25, -0.2) is 9.07 Å². The van der Waals surface area contributed by atoms with Crippen LogP contribution < -0.4 is 10.5 Å². The van der Waals surface area contributed by atoms with Gasteiger partial charge in [-0.2, -0.15) is 5.10 Å². The monoisotopic (exact) mass is 297 g/mol. The van der Waals surface area contributed by atoms with E-state index in [0.29, 0.717) is 18.1 Å². The third-order valence-electron chi connectivity index (χ3n) is 2.92. The molecule has 2 rings (SSSR count). The van der Waals surface area contributed by atoms with E-state index in [4.69, 9.17) is 22.1 Å². The van der Waals surface area contributed by atoms with Crippen molar-refractivity contribution in [3.8, 4) is 11.6 Å². The second-order valence-electron chi connectivity index (χ2n) is 4.85. The highest BCUT2D eigenvalue weighted by Crippen LogP contribution is 2.30. The lowest BCUT2D eigenvalue weighted by Crippen LogP contribution is -2.18. The number of aryl methyl sites for hydroxylation is 2. The van der Waals surface area contributed by atoms with Crippen molar-refractivity contribution < 1.29 is 9.13 Å². The van der Waals surface area contributed by atoms with Crippen LogP contribution in [0, 0.1) is 12.7 Å². The summed E-state index contributed by atoms with van der Waals surface area (Å²) in [5.41, 5.74) is 7.66. The lowest BCUT2D eigenvalue weighted by Gasteiger charge is -2.10. The third-order valence-corrected chi connectivity index (χ3v) is 3.21. The fraction of sp³-hybridized carbons (Fsp3) is 0.357. The smallest absolute Gasteiger partial charge is 0.221 e. The van der Waals surface area contributed by atoms with Gasteiger partial charge in [0.15, 0.2) is 0 Å². The minimum atomic E-state index is -0.476. The molecule has 1 aromatic heterocycles. The minimum Gasteiger partial charge on any atom is -0.439 e. The van der Waals surface area contributed by atoms with E-state index in [-0.39, 0.29) is 11.1 Å². The molecule has 0 spiro atoms. The standard InChI is InChI=1S/C14H17ClFN3O/c1-8(17)6-11-9(2)18-19(3)14(11)20-10-4-5-13(16)12(15)7-10/h4-5,7-8H,6,17H2,1-3H3. The number of halogens is 2. The summed E-state index contributed by atoms with van der Waals surface area (Å²) in [7, 11) is 1.79. The number of benzene rings is 1. The Morgan fingerprint density at radius 3 is 2.80 bits per heavy atom. The largest absolute Gasteiger partial charge is 0.439 e. The summed E-state index contributed by atoms with van der Waals surface area (Å²) in [6, 6.07) is 4.23. The van der Waals surface area contributed by atoms with Crippen LogP contribution in [0.25, 0.3) is 0 Å². The summed E-state index contributed by atoms with van der Waals surface area (Å²) < 4.78 is 20.6. The summed E-state index contributed by atoms with van der Waals surface area (Å²) in [5.74, 6) is 0.587. The molecule has 0 amide bonds. The van der Waals surface area contributed by atoms with Crippen LogP contribution in [0.1, 0.15) is 18.2 Å². The predicted molar refractivity (Wildman–Crippen MR) is 76.8 cm³/mol. The van der Waals surface area contributed by atoms with Crippen molar-refractivity contribution >= 4 is 11.6 Å². The molecule has 1 atom stereocenters. The van der Waals surface area contributed by atoms with Crippen molar-refractivity contribution in [2.75, 3.05) is 0 Å². The van der Waals surface area contributed by atoms with Crippen molar-refractivity contribution in [1.29, 1.82) is 0 Å². The molecule has 108 valence electrons. The van der Waals surface area contributed by atoms with Gasteiger partial charge >= 0.3 is 0 Å². The highest BCUT2D eigenvalue weighted by atomic mass is 35.5. The van der Waals surface area contributed by atoms with Crippen LogP contribution in [0.2, 0.25) is 5.02 Å². The van der Waals surface area contributed by atoms with Crippen molar-refractivity contribution in [3.63, 3.8) is 0 Å². The third kappa shape index (κ3) is 3.11. The van der Waals surface area contributed by atoms with Gasteiger partial charge in [0.25, 0.3) is 0 Å². The van der Waals surface area contributed by atoms with Gasteiger partial charge in [0, 0.05) is 24.7 Å².